The second kappa shape index (κ2) is 6.86. The highest BCUT2D eigenvalue weighted by Gasteiger charge is 2.18. The molecule has 0 atom stereocenters. The van der Waals surface area contributed by atoms with Crippen molar-refractivity contribution >= 4 is 35.2 Å². The van der Waals surface area contributed by atoms with Crippen LogP contribution in [0.5, 0.6) is 0 Å². The molecule has 7 N–H and O–H groups in total. The second-order valence-corrected chi connectivity index (χ2v) is 6.17. The first-order valence-electron chi connectivity index (χ1n) is 7.09. The van der Waals surface area contributed by atoms with Crippen molar-refractivity contribution in [3.8, 4) is 0 Å². The fourth-order valence-electron chi connectivity index (χ4n) is 2.05. The summed E-state index contributed by atoms with van der Waals surface area (Å²) in [6.45, 7) is 3.31. The third-order valence-electron chi connectivity index (χ3n) is 3.37. The van der Waals surface area contributed by atoms with E-state index in [-0.39, 0.29) is 5.84 Å². The fourth-order valence-corrected chi connectivity index (χ4v) is 2.29. The SMILES string of the molecule is CC(C)(O)c1cnc(Nc2cc(Cl)cc(/C(N)=N/N)c2)c(C=N)c1. The number of hydrogen-bond acceptors (Lipinski definition) is 6. The second-order valence-electron chi connectivity index (χ2n) is 5.73. The molecule has 0 amide bonds. The summed E-state index contributed by atoms with van der Waals surface area (Å²) in [7, 11) is 0. The molecule has 0 bridgehead atoms. The van der Waals surface area contributed by atoms with Gasteiger partial charge in [-0.15, -0.1) is 0 Å². The summed E-state index contributed by atoms with van der Waals surface area (Å²) in [6, 6.07) is 6.75. The van der Waals surface area contributed by atoms with E-state index in [1.54, 1.807) is 44.3 Å². The van der Waals surface area contributed by atoms with Gasteiger partial charge in [-0.05, 0) is 38.1 Å². The molecule has 0 saturated carbocycles. The fraction of sp³-hybridized carbons (Fsp3) is 0.188. The molecule has 1 aromatic carbocycles. The number of anilines is 2. The maximum atomic E-state index is 10.1. The van der Waals surface area contributed by atoms with Gasteiger partial charge in [-0.2, -0.15) is 5.10 Å². The zero-order valence-corrected chi connectivity index (χ0v) is 14.1. The molecular weight excluding hydrogens is 328 g/mol. The third-order valence-corrected chi connectivity index (χ3v) is 3.59. The Hall–Kier alpha value is -2.64. The van der Waals surface area contributed by atoms with E-state index in [9.17, 15) is 5.11 Å². The Kier molecular flexibility index (Phi) is 5.06. The zero-order valence-electron chi connectivity index (χ0n) is 13.3. The van der Waals surface area contributed by atoms with Gasteiger partial charge in [-0.3, -0.25) is 0 Å². The van der Waals surface area contributed by atoms with Crippen molar-refractivity contribution in [1.29, 1.82) is 5.41 Å². The van der Waals surface area contributed by atoms with Crippen LogP contribution in [0.4, 0.5) is 11.5 Å². The highest BCUT2D eigenvalue weighted by molar-refractivity contribution is 6.31. The van der Waals surface area contributed by atoms with Gasteiger partial charge < -0.3 is 27.4 Å². The standard InChI is InChI=1S/C16H19ClN6O/c1-16(2,24)11-3-10(7-18)15(21-8-11)22-13-5-9(14(19)23-20)4-12(17)6-13/h3-8,18,24H,20H2,1-2H3,(H2,19,23)(H,21,22). The molecule has 24 heavy (non-hydrogen) atoms. The molecule has 0 spiro atoms. The normalized spacial score (nSPS) is 12.1. The largest absolute Gasteiger partial charge is 0.386 e. The van der Waals surface area contributed by atoms with Crippen LogP contribution in [0.3, 0.4) is 0 Å². The van der Waals surface area contributed by atoms with Crippen LogP contribution in [0.2, 0.25) is 5.02 Å². The summed E-state index contributed by atoms with van der Waals surface area (Å²) >= 11 is 6.09. The summed E-state index contributed by atoms with van der Waals surface area (Å²) < 4.78 is 0. The van der Waals surface area contributed by atoms with Crippen LogP contribution in [0.25, 0.3) is 0 Å². The van der Waals surface area contributed by atoms with Crippen molar-refractivity contribution in [1.82, 2.24) is 4.98 Å². The predicted octanol–water partition coefficient (Wildman–Crippen LogP) is 2.28. The average Bonchev–Trinajstić information content (AvgIpc) is 2.52. The van der Waals surface area contributed by atoms with Crippen LogP contribution in [-0.2, 0) is 5.60 Å². The number of amidine groups is 1. The van der Waals surface area contributed by atoms with E-state index >= 15 is 0 Å². The van der Waals surface area contributed by atoms with Gasteiger partial charge in [0, 0.05) is 39.8 Å². The van der Waals surface area contributed by atoms with Crippen molar-refractivity contribution in [2.45, 2.75) is 19.4 Å². The molecule has 2 rings (SSSR count). The molecule has 0 saturated heterocycles. The average molecular weight is 347 g/mol. The summed E-state index contributed by atoms with van der Waals surface area (Å²) in [6.07, 6.45) is 2.71. The van der Waals surface area contributed by atoms with E-state index in [1.807, 2.05) is 0 Å². The Bertz CT molecular complexity index is 798. The predicted molar refractivity (Wildman–Crippen MR) is 97.0 cm³/mol. The van der Waals surface area contributed by atoms with Crippen LogP contribution in [0.15, 0.2) is 35.6 Å². The number of halogens is 1. The molecule has 0 aliphatic heterocycles. The van der Waals surface area contributed by atoms with Crippen molar-refractivity contribution < 1.29 is 5.11 Å². The molecule has 0 aliphatic rings. The summed E-state index contributed by atoms with van der Waals surface area (Å²) in [5, 5.41) is 24.6. The minimum Gasteiger partial charge on any atom is -0.386 e. The van der Waals surface area contributed by atoms with Crippen LogP contribution >= 0.6 is 11.6 Å². The molecular formula is C16H19ClN6O. The minimum atomic E-state index is -1.04. The van der Waals surface area contributed by atoms with E-state index < -0.39 is 5.60 Å². The lowest BCUT2D eigenvalue weighted by molar-refractivity contribution is 0.0782. The third kappa shape index (κ3) is 4.01. The van der Waals surface area contributed by atoms with Crippen molar-refractivity contribution in [3.63, 3.8) is 0 Å². The number of hydrogen-bond donors (Lipinski definition) is 5. The highest BCUT2D eigenvalue weighted by atomic mass is 35.5. The molecule has 0 radical (unpaired) electrons. The lowest BCUT2D eigenvalue weighted by Crippen LogP contribution is -2.17. The van der Waals surface area contributed by atoms with Crippen LogP contribution in [-0.4, -0.2) is 22.1 Å². The maximum Gasteiger partial charge on any atom is 0.150 e. The molecule has 0 fully saturated rings. The molecule has 0 aliphatic carbocycles. The number of rotatable bonds is 5. The quantitative estimate of drug-likeness (QED) is 0.245. The number of nitrogens with two attached hydrogens (primary N) is 2. The number of hydrazone groups is 1. The first-order chi connectivity index (χ1) is 11.2. The van der Waals surface area contributed by atoms with E-state index in [1.165, 1.54) is 0 Å². The van der Waals surface area contributed by atoms with Gasteiger partial charge in [0.2, 0.25) is 0 Å². The van der Waals surface area contributed by atoms with Gasteiger partial charge in [0.05, 0.1) is 5.60 Å². The molecule has 8 heteroatoms. The zero-order chi connectivity index (χ0) is 17.9. The van der Waals surface area contributed by atoms with Gasteiger partial charge in [0.1, 0.15) is 11.7 Å². The van der Waals surface area contributed by atoms with Crippen molar-refractivity contribution in [3.05, 3.63) is 52.2 Å². The Balaban J connectivity index is 2.41. The monoisotopic (exact) mass is 346 g/mol. The molecule has 2 aromatic rings. The number of nitrogens with zero attached hydrogens (tertiary/aromatic N) is 2. The Morgan fingerprint density at radius 1 is 1.38 bits per heavy atom. The molecule has 1 aromatic heterocycles. The van der Waals surface area contributed by atoms with Gasteiger partial charge in [-0.1, -0.05) is 11.6 Å². The maximum absolute atomic E-state index is 10.1. The first kappa shape index (κ1) is 17.7. The van der Waals surface area contributed by atoms with E-state index in [0.29, 0.717) is 33.2 Å². The minimum absolute atomic E-state index is 0.151. The molecule has 126 valence electrons. The number of aromatic nitrogens is 1. The smallest absolute Gasteiger partial charge is 0.150 e. The number of nitrogens with one attached hydrogen (secondary N) is 2. The molecule has 1 heterocycles. The van der Waals surface area contributed by atoms with Crippen molar-refractivity contribution in [2.24, 2.45) is 16.7 Å². The number of benzene rings is 1. The molecule has 0 unspecified atom stereocenters. The van der Waals surface area contributed by atoms with E-state index in [4.69, 9.17) is 28.6 Å². The Labute approximate surface area is 144 Å². The number of aliphatic hydroxyl groups is 1. The van der Waals surface area contributed by atoms with E-state index in [0.717, 1.165) is 6.21 Å². The van der Waals surface area contributed by atoms with Crippen LogP contribution < -0.4 is 16.9 Å². The highest BCUT2D eigenvalue weighted by Crippen LogP contribution is 2.26. The van der Waals surface area contributed by atoms with Gasteiger partial charge in [-0.25, -0.2) is 4.98 Å². The topological polar surface area (TPSA) is 133 Å². The van der Waals surface area contributed by atoms with E-state index in [2.05, 4.69) is 15.4 Å². The van der Waals surface area contributed by atoms with Gasteiger partial charge in [0.15, 0.2) is 0 Å². The number of pyridine rings is 1. The summed E-state index contributed by atoms with van der Waals surface area (Å²) in [5.74, 6) is 5.80. The first-order valence-corrected chi connectivity index (χ1v) is 7.47. The Morgan fingerprint density at radius 3 is 2.67 bits per heavy atom. The summed E-state index contributed by atoms with van der Waals surface area (Å²) in [5.41, 5.74) is 6.99. The van der Waals surface area contributed by atoms with Gasteiger partial charge in [0.25, 0.3) is 0 Å². The van der Waals surface area contributed by atoms with Crippen molar-refractivity contribution in [2.75, 3.05) is 5.32 Å². The van der Waals surface area contributed by atoms with Gasteiger partial charge >= 0.3 is 0 Å². The molecule has 7 nitrogen and oxygen atoms in total. The summed E-state index contributed by atoms with van der Waals surface area (Å²) in [4.78, 5) is 4.28. The lowest BCUT2D eigenvalue weighted by atomic mass is 9.99. The van der Waals surface area contributed by atoms with Crippen LogP contribution in [0, 0.1) is 5.41 Å². The lowest BCUT2D eigenvalue weighted by Gasteiger charge is -2.19. The Morgan fingerprint density at radius 2 is 2.08 bits per heavy atom. The van der Waals surface area contributed by atoms with Crippen LogP contribution in [0.1, 0.15) is 30.5 Å².